The lowest BCUT2D eigenvalue weighted by atomic mass is 10.1. The van der Waals surface area contributed by atoms with E-state index in [9.17, 15) is 5.11 Å². The summed E-state index contributed by atoms with van der Waals surface area (Å²) in [6, 6.07) is 0. The van der Waals surface area contributed by atoms with E-state index in [0.717, 1.165) is 0 Å². The molecule has 1 aromatic heterocycles. The third-order valence-corrected chi connectivity index (χ3v) is 0.920. The zero-order valence-corrected chi connectivity index (χ0v) is 6.02. The summed E-state index contributed by atoms with van der Waals surface area (Å²) in [6.45, 7) is 3.75. The average molecular weight is 142 g/mol. The van der Waals surface area contributed by atoms with Crippen LogP contribution in [0.1, 0.15) is 13.8 Å². The molecular weight excluding hydrogens is 132 g/mol. The van der Waals surface area contributed by atoms with Crippen molar-refractivity contribution >= 4 is 0 Å². The van der Waals surface area contributed by atoms with Crippen LogP contribution in [-0.2, 0) is 6.54 Å². The van der Waals surface area contributed by atoms with Crippen LogP contribution < -0.4 is 0 Å². The number of tetrazole rings is 1. The molecule has 10 heavy (non-hydrogen) atoms. The van der Waals surface area contributed by atoms with Gasteiger partial charge < -0.3 is 5.11 Å². The summed E-state index contributed by atoms with van der Waals surface area (Å²) in [5, 5.41) is 20.1. The van der Waals surface area contributed by atoms with Crippen molar-refractivity contribution in [2.24, 2.45) is 0 Å². The Hall–Kier alpha value is -0.970. The van der Waals surface area contributed by atoms with Crippen LogP contribution in [0.4, 0.5) is 0 Å². The summed E-state index contributed by atoms with van der Waals surface area (Å²) >= 11 is 0. The smallest absolute Gasteiger partial charge is 0.162 e. The van der Waals surface area contributed by atoms with Crippen molar-refractivity contribution in [2.45, 2.75) is 26.0 Å². The van der Waals surface area contributed by atoms with Gasteiger partial charge in [0.15, 0.2) is 6.33 Å². The standard InChI is InChI=1S/C5H10N4O/c1-5(2,10)3-9-7-4-6-8-9/h4,10H,3H2,1-2H3. The molecule has 0 saturated carbocycles. The highest BCUT2D eigenvalue weighted by atomic mass is 16.3. The van der Waals surface area contributed by atoms with Crippen molar-refractivity contribution in [1.29, 1.82) is 0 Å². The van der Waals surface area contributed by atoms with Crippen LogP contribution >= 0.6 is 0 Å². The molecule has 0 unspecified atom stereocenters. The molecular formula is C5H10N4O. The van der Waals surface area contributed by atoms with E-state index < -0.39 is 5.60 Å². The molecule has 1 aromatic rings. The van der Waals surface area contributed by atoms with E-state index in [4.69, 9.17) is 0 Å². The fraction of sp³-hybridized carbons (Fsp3) is 0.800. The Morgan fingerprint density at radius 2 is 2.30 bits per heavy atom. The van der Waals surface area contributed by atoms with Gasteiger partial charge in [-0.2, -0.15) is 4.80 Å². The Kier molecular flexibility index (Phi) is 1.67. The molecule has 0 spiro atoms. The predicted molar refractivity (Wildman–Crippen MR) is 34.1 cm³/mol. The van der Waals surface area contributed by atoms with E-state index in [0.29, 0.717) is 6.54 Å². The molecule has 0 aliphatic carbocycles. The van der Waals surface area contributed by atoms with E-state index >= 15 is 0 Å². The number of nitrogens with zero attached hydrogens (tertiary/aromatic N) is 4. The van der Waals surface area contributed by atoms with Gasteiger partial charge in [-0.3, -0.25) is 0 Å². The van der Waals surface area contributed by atoms with E-state index in [1.54, 1.807) is 13.8 Å². The maximum absolute atomic E-state index is 9.26. The molecule has 1 rings (SSSR count). The summed E-state index contributed by atoms with van der Waals surface area (Å²) in [5.74, 6) is 0. The van der Waals surface area contributed by atoms with Gasteiger partial charge in [0, 0.05) is 0 Å². The van der Waals surface area contributed by atoms with Crippen molar-refractivity contribution in [1.82, 2.24) is 20.2 Å². The molecule has 0 fully saturated rings. The molecule has 0 amide bonds. The average Bonchev–Trinajstić information content (AvgIpc) is 2.12. The molecule has 0 aliphatic rings. The van der Waals surface area contributed by atoms with Gasteiger partial charge in [-0.25, -0.2) is 0 Å². The number of aliphatic hydroxyl groups is 1. The molecule has 1 N–H and O–H groups in total. The van der Waals surface area contributed by atoms with Gasteiger partial charge in [0.2, 0.25) is 0 Å². The Labute approximate surface area is 58.7 Å². The quantitative estimate of drug-likeness (QED) is 0.601. The fourth-order valence-corrected chi connectivity index (χ4v) is 0.607. The van der Waals surface area contributed by atoms with Crippen LogP contribution in [0, 0.1) is 0 Å². The van der Waals surface area contributed by atoms with E-state index in [1.165, 1.54) is 11.1 Å². The second kappa shape index (κ2) is 2.34. The minimum Gasteiger partial charge on any atom is -0.388 e. The molecule has 0 aromatic carbocycles. The monoisotopic (exact) mass is 142 g/mol. The molecule has 5 nitrogen and oxygen atoms in total. The first-order chi connectivity index (χ1) is 4.58. The summed E-state index contributed by atoms with van der Waals surface area (Å²) in [4.78, 5) is 1.35. The maximum Gasteiger partial charge on any atom is 0.162 e. The third-order valence-electron chi connectivity index (χ3n) is 0.920. The molecule has 0 aliphatic heterocycles. The van der Waals surface area contributed by atoms with Crippen LogP contribution in [0.25, 0.3) is 0 Å². The van der Waals surface area contributed by atoms with E-state index in [2.05, 4.69) is 15.4 Å². The van der Waals surface area contributed by atoms with Gasteiger partial charge in [-0.1, -0.05) is 0 Å². The van der Waals surface area contributed by atoms with Gasteiger partial charge in [-0.15, -0.1) is 10.2 Å². The minimum absolute atomic E-state index is 0.368. The Balaban J connectivity index is 2.57. The Morgan fingerprint density at radius 3 is 2.70 bits per heavy atom. The normalized spacial score (nSPS) is 11.9. The third kappa shape index (κ3) is 2.10. The zero-order valence-electron chi connectivity index (χ0n) is 6.02. The highest BCUT2D eigenvalue weighted by Crippen LogP contribution is 2.01. The number of hydrogen-bond donors (Lipinski definition) is 1. The first-order valence-corrected chi connectivity index (χ1v) is 3.01. The number of aromatic nitrogens is 4. The lowest BCUT2D eigenvalue weighted by Gasteiger charge is -2.14. The summed E-state index contributed by atoms with van der Waals surface area (Å²) in [5.41, 5.74) is -0.777. The molecule has 0 radical (unpaired) electrons. The van der Waals surface area contributed by atoms with Crippen LogP contribution in [0.5, 0.6) is 0 Å². The van der Waals surface area contributed by atoms with Gasteiger partial charge in [-0.05, 0) is 19.1 Å². The number of hydrogen-bond acceptors (Lipinski definition) is 4. The number of rotatable bonds is 2. The first kappa shape index (κ1) is 7.14. The zero-order chi connectivity index (χ0) is 7.61. The summed E-state index contributed by atoms with van der Waals surface area (Å²) < 4.78 is 0. The molecule has 0 bridgehead atoms. The molecule has 5 heteroatoms. The van der Waals surface area contributed by atoms with Gasteiger partial charge in [0.1, 0.15) is 0 Å². The van der Waals surface area contributed by atoms with Gasteiger partial charge >= 0.3 is 0 Å². The fourth-order valence-electron chi connectivity index (χ4n) is 0.607. The summed E-state index contributed by atoms with van der Waals surface area (Å²) in [7, 11) is 0. The summed E-state index contributed by atoms with van der Waals surface area (Å²) in [6.07, 6.45) is 1.34. The van der Waals surface area contributed by atoms with Crippen molar-refractivity contribution in [3.8, 4) is 0 Å². The largest absolute Gasteiger partial charge is 0.388 e. The van der Waals surface area contributed by atoms with Crippen LogP contribution in [-0.4, -0.2) is 30.9 Å². The molecule has 0 atom stereocenters. The van der Waals surface area contributed by atoms with E-state index in [1.807, 2.05) is 0 Å². The second-order valence-electron chi connectivity index (χ2n) is 2.78. The topological polar surface area (TPSA) is 63.8 Å². The van der Waals surface area contributed by atoms with Crippen LogP contribution in [0.3, 0.4) is 0 Å². The highest BCUT2D eigenvalue weighted by Gasteiger charge is 2.13. The maximum atomic E-state index is 9.26. The lowest BCUT2D eigenvalue weighted by Crippen LogP contribution is -2.27. The van der Waals surface area contributed by atoms with E-state index in [-0.39, 0.29) is 0 Å². The highest BCUT2D eigenvalue weighted by molar-refractivity contribution is 4.62. The Bertz CT molecular complexity index is 188. The van der Waals surface area contributed by atoms with Crippen molar-refractivity contribution in [3.05, 3.63) is 6.33 Å². The lowest BCUT2D eigenvalue weighted by molar-refractivity contribution is 0.0526. The van der Waals surface area contributed by atoms with Crippen LogP contribution in [0.2, 0.25) is 0 Å². The minimum atomic E-state index is -0.777. The second-order valence-corrected chi connectivity index (χ2v) is 2.78. The van der Waals surface area contributed by atoms with Crippen molar-refractivity contribution in [3.63, 3.8) is 0 Å². The molecule has 56 valence electrons. The van der Waals surface area contributed by atoms with Crippen LogP contribution in [0.15, 0.2) is 6.33 Å². The molecule has 1 heterocycles. The SMILES string of the molecule is CC(C)(O)Cn1ncnn1. The Morgan fingerprint density at radius 1 is 1.60 bits per heavy atom. The first-order valence-electron chi connectivity index (χ1n) is 3.01. The molecule has 0 saturated heterocycles. The van der Waals surface area contributed by atoms with Crippen molar-refractivity contribution in [2.75, 3.05) is 0 Å². The van der Waals surface area contributed by atoms with Crippen molar-refractivity contribution < 1.29 is 5.11 Å². The van der Waals surface area contributed by atoms with Gasteiger partial charge in [0.05, 0.1) is 12.1 Å². The van der Waals surface area contributed by atoms with Gasteiger partial charge in [0.25, 0.3) is 0 Å². The predicted octanol–water partition coefficient (Wildman–Crippen LogP) is -0.556.